The number of hydrogen-bond donors (Lipinski definition) is 1. The fraction of sp³-hybridized carbons (Fsp3) is 0.448. The standard InChI is InChI=1S/C29H29F2N5O6S/c1-15-29(13-39-14-29)40-8-7-35(15)19-10-17(43-2)11-32-27(19)41-16-9-20(28(37)38)36(12-16)26-23-22(33-25(34-26)24(30)31)18-5-3-4-6-21(18)42-23/h3-6,10-11,15-16,20,24H,7-9,12-14H2,1-2H3,(H,37,38)/t15-,16?,20-/m0/s1. The van der Waals surface area contributed by atoms with Crippen molar-refractivity contribution in [2.75, 3.05) is 49.0 Å². The Kier molecular flexibility index (Phi) is 7.01. The number of furan rings is 1. The number of rotatable bonds is 7. The van der Waals surface area contributed by atoms with Gasteiger partial charge in [0.1, 0.15) is 34.5 Å². The molecule has 3 atom stereocenters. The number of benzene rings is 1. The van der Waals surface area contributed by atoms with E-state index >= 15 is 0 Å². The van der Waals surface area contributed by atoms with Crippen molar-refractivity contribution in [3.05, 3.63) is 42.4 Å². The van der Waals surface area contributed by atoms with Crippen LogP contribution < -0.4 is 14.5 Å². The molecule has 1 unspecified atom stereocenters. The molecule has 7 rings (SSSR count). The average Bonchev–Trinajstić information content (AvgIpc) is 3.58. The number of halogens is 2. The number of fused-ring (bicyclic) bond motifs is 3. The van der Waals surface area contributed by atoms with Gasteiger partial charge in [0.05, 0.1) is 32.4 Å². The number of thioether (sulfide) groups is 1. The van der Waals surface area contributed by atoms with Gasteiger partial charge >= 0.3 is 5.97 Å². The summed E-state index contributed by atoms with van der Waals surface area (Å²) >= 11 is 1.56. The van der Waals surface area contributed by atoms with Crippen molar-refractivity contribution in [3.63, 3.8) is 0 Å². The summed E-state index contributed by atoms with van der Waals surface area (Å²) in [6.45, 7) is 4.29. The van der Waals surface area contributed by atoms with Gasteiger partial charge in [0.25, 0.3) is 6.43 Å². The number of carboxylic acids is 1. The zero-order valence-electron chi connectivity index (χ0n) is 23.4. The van der Waals surface area contributed by atoms with Crippen LogP contribution in [0.25, 0.3) is 22.1 Å². The zero-order chi connectivity index (χ0) is 29.9. The molecule has 0 aliphatic carbocycles. The van der Waals surface area contributed by atoms with Crippen LogP contribution in [0.2, 0.25) is 0 Å². The van der Waals surface area contributed by atoms with E-state index in [-0.39, 0.29) is 35.9 Å². The lowest BCUT2D eigenvalue weighted by Crippen LogP contribution is -2.68. The first-order valence-electron chi connectivity index (χ1n) is 13.9. The van der Waals surface area contributed by atoms with E-state index in [4.69, 9.17) is 18.6 Å². The summed E-state index contributed by atoms with van der Waals surface area (Å²) in [6.07, 6.45) is 0.166. The second-order valence-corrected chi connectivity index (χ2v) is 11.8. The molecule has 0 amide bonds. The van der Waals surface area contributed by atoms with Crippen molar-refractivity contribution in [1.29, 1.82) is 0 Å². The third kappa shape index (κ3) is 4.71. The monoisotopic (exact) mass is 613 g/mol. The van der Waals surface area contributed by atoms with Gasteiger partial charge in [0.2, 0.25) is 5.88 Å². The Bertz CT molecular complexity index is 1700. The number of anilines is 2. The van der Waals surface area contributed by atoms with Gasteiger partial charge in [-0.05, 0) is 31.4 Å². The molecule has 11 nitrogen and oxygen atoms in total. The van der Waals surface area contributed by atoms with Gasteiger partial charge < -0.3 is 33.5 Å². The van der Waals surface area contributed by atoms with E-state index in [1.165, 1.54) is 4.90 Å². The number of nitrogens with zero attached hydrogens (tertiary/aromatic N) is 5. The number of para-hydroxylation sites is 1. The minimum Gasteiger partial charge on any atom is -0.480 e. The average molecular weight is 614 g/mol. The predicted octanol–water partition coefficient (Wildman–Crippen LogP) is 4.54. The normalized spacial score (nSPS) is 23.4. The van der Waals surface area contributed by atoms with E-state index in [9.17, 15) is 18.7 Å². The molecule has 4 aromatic rings. The first-order chi connectivity index (χ1) is 20.8. The molecule has 0 radical (unpaired) electrons. The largest absolute Gasteiger partial charge is 0.480 e. The van der Waals surface area contributed by atoms with E-state index in [0.29, 0.717) is 43.2 Å². The maximum absolute atomic E-state index is 13.9. The number of aromatic nitrogens is 3. The lowest BCUT2D eigenvalue weighted by molar-refractivity contribution is -0.228. The Labute approximate surface area is 249 Å². The molecule has 6 heterocycles. The molecule has 0 saturated carbocycles. The summed E-state index contributed by atoms with van der Waals surface area (Å²) in [7, 11) is 0. The smallest absolute Gasteiger partial charge is 0.326 e. The van der Waals surface area contributed by atoms with Crippen molar-refractivity contribution >= 4 is 51.3 Å². The molecule has 1 aromatic carbocycles. The highest BCUT2D eigenvalue weighted by Crippen LogP contribution is 2.41. The Morgan fingerprint density at radius 1 is 1.23 bits per heavy atom. The van der Waals surface area contributed by atoms with Gasteiger partial charge in [-0.1, -0.05) is 12.1 Å². The maximum atomic E-state index is 13.9. The number of morpholine rings is 1. The van der Waals surface area contributed by atoms with Gasteiger partial charge in [-0.3, -0.25) is 0 Å². The second-order valence-electron chi connectivity index (χ2n) is 10.9. The highest BCUT2D eigenvalue weighted by molar-refractivity contribution is 7.98. The minimum absolute atomic E-state index is 0.00496. The highest BCUT2D eigenvalue weighted by atomic mass is 32.2. The van der Waals surface area contributed by atoms with E-state index in [2.05, 4.69) is 26.8 Å². The molecular formula is C29H29F2N5O6S. The van der Waals surface area contributed by atoms with Crippen molar-refractivity contribution in [3.8, 4) is 5.88 Å². The van der Waals surface area contributed by atoms with Crippen molar-refractivity contribution in [2.24, 2.45) is 0 Å². The summed E-state index contributed by atoms with van der Waals surface area (Å²) in [4.78, 5) is 29.9. The Morgan fingerprint density at radius 2 is 2.05 bits per heavy atom. The Morgan fingerprint density at radius 3 is 2.77 bits per heavy atom. The van der Waals surface area contributed by atoms with Crippen molar-refractivity contribution < 1.29 is 37.3 Å². The lowest BCUT2D eigenvalue weighted by Gasteiger charge is -2.53. The maximum Gasteiger partial charge on any atom is 0.326 e. The molecule has 1 spiro atoms. The van der Waals surface area contributed by atoms with E-state index in [0.717, 1.165) is 10.6 Å². The number of carboxylic acid groups (broad SMARTS) is 1. The molecule has 3 saturated heterocycles. The molecule has 1 N–H and O–H groups in total. The lowest BCUT2D eigenvalue weighted by atomic mass is 9.90. The Hall–Kier alpha value is -3.75. The summed E-state index contributed by atoms with van der Waals surface area (Å²) in [5.74, 6) is -1.47. The summed E-state index contributed by atoms with van der Waals surface area (Å²) < 4.78 is 51.9. The van der Waals surface area contributed by atoms with Crippen LogP contribution in [0.15, 0.2) is 45.8 Å². The number of aliphatic carboxylic acids is 1. The fourth-order valence-corrected chi connectivity index (χ4v) is 6.51. The van der Waals surface area contributed by atoms with Gasteiger partial charge in [0, 0.05) is 29.4 Å². The molecule has 3 fully saturated rings. The zero-order valence-corrected chi connectivity index (χ0v) is 24.2. The molecule has 226 valence electrons. The van der Waals surface area contributed by atoms with E-state index < -0.39 is 36.0 Å². The van der Waals surface area contributed by atoms with Crippen molar-refractivity contribution in [2.45, 2.75) is 48.5 Å². The SMILES string of the molecule is CSc1cnc(OC2C[C@@H](C(=O)O)N(c3nc(C(F)F)nc4c3oc3ccccc34)C2)c(N2CCOC3(COC3)[C@@H]2C)c1. The van der Waals surface area contributed by atoms with Gasteiger partial charge in [-0.25, -0.2) is 28.5 Å². The van der Waals surface area contributed by atoms with Gasteiger partial charge in [-0.15, -0.1) is 11.8 Å². The molecule has 3 aromatic heterocycles. The van der Waals surface area contributed by atoms with Crippen LogP contribution in [0, 0.1) is 0 Å². The summed E-state index contributed by atoms with van der Waals surface area (Å²) in [6, 6.07) is 7.82. The third-order valence-corrected chi connectivity index (χ3v) is 9.20. The van der Waals surface area contributed by atoms with Crippen LogP contribution in [-0.4, -0.2) is 89.0 Å². The molecule has 43 heavy (non-hydrogen) atoms. The van der Waals surface area contributed by atoms with Crippen LogP contribution in [-0.2, 0) is 14.3 Å². The topological polar surface area (TPSA) is 123 Å². The molecular weight excluding hydrogens is 584 g/mol. The highest BCUT2D eigenvalue weighted by Gasteiger charge is 2.50. The van der Waals surface area contributed by atoms with E-state index in [1.807, 2.05) is 12.3 Å². The van der Waals surface area contributed by atoms with E-state index in [1.54, 1.807) is 42.2 Å². The first-order valence-corrected chi connectivity index (χ1v) is 15.2. The van der Waals surface area contributed by atoms with Crippen LogP contribution >= 0.6 is 11.8 Å². The minimum atomic E-state index is -2.96. The fourth-order valence-electron chi connectivity index (χ4n) is 6.13. The summed E-state index contributed by atoms with van der Waals surface area (Å²) in [5, 5.41) is 10.7. The summed E-state index contributed by atoms with van der Waals surface area (Å²) in [5.41, 5.74) is 1.17. The second kappa shape index (κ2) is 10.8. The number of carbonyl (C=O) groups is 1. The third-order valence-electron chi connectivity index (χ3n) is 8.51. The van der Waals surface area contributed by atoms with Crippen LogP contribution in [0.1, 0.15) is 25.6 Å². The molecule has 0 bridgehead atoms. The molecule has 3 aliphatic rings. The van der Waals surface area contributed by atoms with Gasteiger partial charge in [0.15, 0.2) is 17.2 Å². The first kappa shape index (κ1) is 28.0. The van der Waals surface area contributed by atoms with Crippen LogP contribution in [0.4, 0.5) is 20.3 Å². The molecule has 3 aliphatic heterocycles. The Balaban J connectivity index is 1.25. The number of hydrogen-bond acceptors (Lipinski definition) is 11. The van der Waals surface area contributed by atoms with Crippen LogP contribution in [0.5, 0.6) is 5.88 Å². The van der Waals surface area contributed by atoms with Crippen molar-refractivity contribution in [1.82, 2.24) is 15.0 Å². The van der Waals surface area contributed by atoms with Gasteiger partial charge in [-0.2, -0.15) is 0 Å². The number of ether oxygens (including phenoxy) is 3. The molecule has 14 heteroatoms. The van der Waals surface area contributed by atoms with Crippen LogP contribution in [0.3, 0.4) is 0 Å². The quantitative estimate of drug-likeness (QED) is 0.295. The number of pyridine rings is 1. The predicted molar refractivity (Wildman–Crippen MR) is 154 cm³/mol. The number of alkyl halides is 2.